The molecule has 6 nitrogen and oxygen atoms in total. The number of anilines is 1. The Bertz CT molecular complexity index is 730. The molecule has 3 rings (SSSR count). The standard InChI is InChI=1S/C18H23N3O3S/c1-4-14-16(12-5-7-13(23-3)8-6-12)20-18(25-14)21-17(22)15-11(2)24-10-9-19-15/h5-8,11,15,19H,4,9-10H2,1-3H3,(H,20,21,22)/t11-,15+/m1/s1. The van der Waals surface area contributed by atoms with Crippen LogP contribution in [0.1, 0.15) is 18.7 Å². The summed E-state index contributed by atoms with van der Waals surface area (Å²) >= 11 is 1.51. The summed E-state index contributed by atoms with van der Waals surface area (Å²) in [6.45, 7) is 5.30. The number of hydrogen-bond donors (Lipinski definition) is 2. The van der Waals surface area contributed by atoms with Gasteiger partial charge in [0.05, 0.1) is 25.5 Å². The summed E-state index contributed by atoms with van der Waals surface area (Å²) in [4.78, 5) is 18.3. The lowest BCUT2D eigenvalue weighted by Gasteiger charge is -2.28. The SMILES string of the molecule is CCc1sc(NC(=O)[C@H]2NCCO[C@@H]2C)nc1-c1ccc(OC)cc1. The Labute approximate surface area is 151 Å². The van der Waals surface area contributed by atoms with Crippen molar-refractivity contribution in [3.8, 4) is 17.0 Å². The van der Waals surface area contributed by atoms with Gasteiger partial charge in [0, 0.05) is 17.0 Å². The van der Waals surface area contributed by atoms with Crippen molar-refractivity contribution in [2.24, 2.45) is 0 Å². The Morgan fingerprint density at radius 2 is 2.20 bits per heavy atom. The molecule has 1 aliphatic rings. The number of carbonyl (C=O) groups excluding carboxylic acids is 1. The normalized spacial score (nSPS) is 20.3. The maximum atomic E-state index is 12.5. The topological polar surface area (TPSA) is 72.5 Å². The average Bonchev–Trinajstić information content (AvgIpc) is 3.05. The molecule has 25 heavy (non-hydrogen) atoms. The van der Waals surface area contributed by atoms with Gasteiger partial charge in [0.15, 0.2) is 5.13 Å². The number of amides is 1. The molecule has 134 valence electrons. The molecule has 0 aliphatic carbocycles. The van der Waals surface area contributed by atoms with Crippen LogP contribution in [0.5, 0.6) is 5.75 Å². The molecule has 0 radical (unpaired) electrons. The van der Waals surface area contributed by atoms with E-state index in [2.05, 4.69) is 22.5 Å². The fourth-order valence-corrected chi connectivity index (χ4v) is 3.76. The number of hydrogen-bond acceptors (Lipinski definition) is 6. The molecule has 2 aromatic rings. The Kier molecular flexibility index (Phi) is 5.67. The third-order valence-corrected chi connectivity index (χ3v) is 5.33. The van der Waals surface area contributed by atoms with Gasteiger partial charge in [-0.25, -0.2) is 4.98 Å². The van der Waals surface area contributed by atoms with Crippen LogP contribution in [0.4, 0.5) is 5.13 Å². The molecule has 1 fully saturated rings. The van der Waals surface area contributed by atoms with Crippen LogP contribution in [0, 0.1) is 0 Å². The third-order valence-electron chi connectivity index (χ3n) is 4.21. The maximum Gasteiger partial charge on any atom is 0.245 e. The van der Waals surface area contributed by atoms with Crippen molar-refractivity contribution in [1.29, 1.82) is 0 Å². The summed E-state index contributed by atoms with van der Waals surface area (Å²) in [6.07, 6.45) is 0.705. The zero-order valence-electron chi connectivity index (χ0n) is 14.7. The minimum atomic E-state index is -0.354. The van der Waals surface area contributed by atoms with Crippen molar-refractivity contribution >= 4 is 22.4 Å². The second-order valence-electron chi connectivity index (χ2n) is 5.87. The second kappa shape index (κ2) is 7.95. The fourth-order valence-electron chi connectivity index (χ4n) is 2.83. The summed E-state index contributed by atoms with van der Waals surface area (Å²) < 4.78 is 10.7. The van der Waals surface area contributed by atoms with Crippen LogP contribution in [-0.4, -0.2) is 43.3 Å². The summed E-state index contributed by atoms with van der Waals surface area (Å²) in [6, 6.07) is 7.44. The zero-order valence-corrected chi connectivity index (χ0v) is 15.5. The number of morpholine rings is 1. The van der Waals surface area contributed by atoms with E-state index in [-0.39, 0.29) is 18.1 Å². The van der Waals surface area contributed by atoms with E-state index in [1.807, 2.05) is 31.2 Å². The van der Waals surface area contributed by atoms with Gasteiger partial charge in [0.1, 0.15) is 11.8 Å². The first-order chi connectivity index (χ1) is 12.1. The van der Waals surface area contributed by atoms with Gasteiger partial charge in [0.25, 0.3) is 0 Å². The van der Waals surface area contributed by atoms with Gasteiger partial charge in [-0.3, -0.25) is 4.79 Å². The number of nitrogens with one attached hydrogen (secondary N) is 2. The molecule has 0 bridgehead atoms. The number of benzene rings is 1. The first-order valence-electron chi connectivity index (χ1n) is 8.42. The van der Waals surface area contributed by atoms with E-state index in [1.54, 1.807) is 7.11 Å². The number of ether oxygens (including phenoxy) is 2. The first kappa shape index (κ1) is 17.8. The van der Waals surface area contributed by atoms with Crippen molar-refractivity contribution in [3.05, 3.63) is 29.1 Å². The summed E-state index contributed by atoms with van der Waals surface area (Å²) in [5, 5.41) is 6.74. The van der Waals surface area contributed by atoms with Gasteiger partial charge in [-0.15, -0.1) is 11.3 Å². The first-order valence-corrected chi connectivity index (χ1v) is 9.24. The van der Waals surface area contributed by atoms with Crippen LogP contribution >= 0.6 is 11.3 Å². The molecule has 1 saturated heterocycles. The van der Waals surface area contributed by atoms with Crippen molar-refractivity contribution < 1.29 is 14.3 Å². The highest BCUT2D eigenvalue weighted by Crippen LogP contribution is 2.32. The van der Waals surface area contributed by atoms with Crippen LogP contribution in [-0.2, 0) is 16.0 Å². The quantitative estimate of drug-likeness (QED) is 0.857. The van der Waals surface area contributed by atoms with Crippen molar-refractivity contribution in [2.45, 2.75) is 32.4 Å². The molecule has 2 heterocycles. The maximum absolute atomic E-state index is 12.5. The number of aryl methyl sites for hydroxylation is 1. The van der Waals surface area contributed by atoms with E-state index >= 15 is 0 Å². The average molecular weight is 361 g/mol. The molecular formula is C18H23N3O3S. The van der Waals surface area contributed by atoms with Crippen molar-refractivity contribution in [2.75, 3.05) is 25.6 Å². The van der Waals surface area contributed by atoms with E-state index < -0.39 is 0 Å². The van der Waals surface area contributed by atoms with Crippen LogP contribution < -0.4 is 15.4 Å². The lowest BCUT2D eigenvalue weighted by Crippen LogP contribution is -2.53. The molecule has 1 aromatic carbocycles. The number of methoxy groups -OCH3 is 1. The summed E-state index contributed by atoms with van der Waals surface area (Å²) in [7, 11) is 1.65. The van der Waals surface area contributed by atoms with Crippen LogP contribution in [0.3, 0.4) is 0 Å². The van der Waals surface area contributed by atoms with Crippen molar-refractivity contribution in [1.82, 2.24) is 10.3 Å². The van der Waals surface area contributed by atoms with E-state index in [1.165, 1.54) is 11.3 Å². The number of rotatable bonds is 5. The highest BCUT2D eigenvalue weighted by molar-refractivity contribution is 7.16. The minimum absolute atomic E-state index is 0.107. The van der Waals surface area contributed by atoms with Gasteiger partial charge in [0.2, 0.25) is 5.91 Å². The predicted octanol–water partition coefficient (Wildman–Crippen LogP) is 2.70. The monoisotopic (exact) mass is 361 g/mol. The van der Waals surface area contributed by atoms with E-state index in [4.69, 9.17) is 9.47 Å². The molecular weight excluding hydrogens is 338 g/mol. The van der Waals surface area contributed by atoms with Gasteiger partial charge < -0.3 is 20.1 Å². The second-order valence-corrected chi connectivity index (χ2v) is 6.95. The molecule has 0 saturated carbocycles. The number of carbonyl (C=O) groups is 1. The van der Waals surface area contributed by atoms with Crippen LogP contribution in [0.15, 0.2) is 24.3 Å². The zero-order chi connectivity index (χ0) is 17.8. The molecule has 2 N–H and O–H groups in total. The predicted molar refractivity (Wildman–Crippen MR) is 99.3 cm³/mol. The fraction of sp³-hybridized carbons (Fsp3) is 0.444. The smallest absolute Gasteiger partial charge is 0.245 e. The summed E-state index contributed by atoms with van der Waals surface area (Å²) in [5.41, 5.74) is 1.92. The Hall–Kier alpha value is -1.96. The highest BCUT2D eigenvalue weighted by atomic mass is 32.1. The Morgan fingerprint density at radius 1 is 1.44 bits per heavy atom. The summed E-state index contributed by atoms with van der Waals surface area (Å²) in [5.74, 6) is 0.702. The number of thiazole rings is 1. The Morgan fingerprint density at radius 3 is 2.84 bits per heavy atom. The van der Waals surface area contributed by atoms with Crippen LogP contribution in [0.25, 0.3) is 11.3 Å². The third kappa shape index (κ3) is 4.00. The van der Waals surface area contributed by atoms with Crippen LogP contribution in [0.2, 0.25) is 0 Å². The van der Waals surface area contributed by atoms with Crippen molar-refractivity contribution in [3.63, 3.8) is 0 Å². The largest absolute Gasteiger partial charge is 0.497 e. The Balaban J connectivity index is 1.78. The molecule has 1 aromatic heterocycles. The van der Waals surface area contributed by atoms with Gasteiger partial charge in [-0.1, -0.05) is 6.92 Å². The molecule has 0 unspecified atom stereocenters. The number of nitrogens with zero attached hydrogens (tertiary/aromatic N) is 1. The van der Waals surface area contributed by atoms with Gasteiger partial charge >= 0.3 is 0 Å². The number of aromatic nitrogens is 1. The molecule has 1 aliphatic heterocycles. The van der Waals surface area contributed by atoms with Gasteiger partial charge in [-0.05, 0) is 37.6 Å². The van der Waals surface area contributed by atoms with E-state index in [0.717, 1.165) is 28.3 Å². The van der Waals surface area contributed by atoms with E-state index in [9.17, 15) is 4.79 Å². The molecule has 0 spiro atoms. The lowest BCUT2D eigenvalue weighted by atomic mass is 10.1. The minimum Gasteiger partial charge on any atom is -0.497 e. The highest BCUT2D eigenvalue weighted by Gasteiger charge is 2.29. The van der Waals surface area contributed by atoms with E-state index in [0.29, 0.717) is 18.3 Å². The molecule has 1 amide bonds. The van der Waals surface area contributed by atoms with Gasteiger partial charge in [-0.2, -0.15) is 0 Å². The lowest BCUT2D eigenvalue weighted by molar-refractivity contribution is -0.123. The molecule has 2 atom stereocenters. The molecule has 7 heteroatoms.